The Morgan fingerprint density at radius 1 is 0.511 bits per heavy atom. The number of aromatic amines is 2. The van der Waals surface area contributed by atoms with Crippen molar-refractivity contribution in [3.63, 3.8) is 0 Å². The Morgan fingerprint density at radius 2 is 0.978 bits per heavy atom. The van der Waals surface area contributed by atoms with E-state index >= 15 is 0 Å². The number of hydrogen-bond acceptors (Lipinski definition) is 14. The summed E-state index contributed by atoms with van der Waals surface area (Å²) in [7, 11) is 0. The summed E-state index contributed by atoms with van der Waals surface area (Å²) >= 11 is 0. The van der Waals surface area contributed by atoms with Crippen LogP contribution in [0.4, 0.5) is 0 Å². The Labute approximate surface area is 537 Å². The van der Waals surface area contributed by atoms with Gasteiger partial charge in [-0.2, -0.15) is 0 Å². The average Bonchev–Trinajstić information content (AvgIpc) is 2.30. The van der Waals surface area contributed by atoms with Gasteiger partial charge in [0.2, 0.25) is 53.2 Å². The normalized spacial score (nSPS) is 14.5. The van der Waals surface area contributed by atoms with Crippen LogP contribution in [0.2, 0.25) is 0 Å². The van der Waals surface area contributed by atoms with Crippen molar-refractivity contribution in [1.29, 1.82) is 0 Å². The van der Waals surface area contributed by atoms with Crippen LogP contribution in [0.15, 0.2) is 109 Å². The molecule has 0 fully saturated rings. The van der Waals surface area contributed by atoms with Crippen LogP contribution in [0.3, 0.4) is 0 Å². The number of para-hydroxylation sites is 1. The Hall–Kier alpha value is -9.21. The summed E-state index contributed by atoms with van der Waals surface area (Å²) in [6, 6.07) is 14.1. The zero-order valence-electron chi connectivity index (χ0n) is 53.2. The van der Waals surface area contributed by atoms with Crippen molar-refractivity contribution >= 4 is 70.0 Å². The number of nitrogens with one attached hydrogen (secondary N) is 10. The number of guanidine groups is 1. The second kappa shape index (κ2) is 38.5. The molecule has 0 aliphatic heterocycles. The highest BCUT2D eigenvalue weighted by Crippen LogP contribution is 2.21. The molecule has 27 nitrogen and oxygen atoms in total. The molecule has 500 valence electrons. The predicted molar refractivity (Wildman–Crippen MR) is 352 cm³/mol. The Kier molecular flexibility index (Phi) is 30.8. The second-order valence-corrected chi connectivity index (χ2v) is 23.7. The lowest BCUT2D eigenvalue weighted by atomic mass is 9.96. The summed E-state index contributed by atoms with van der Waals surface area (Å²) in [6.45, 7) is 8.15. The molecule has 0 saturated carbocycles. The monoisotopic (exact) mass is 1270 g/mol. The van der Waals surface area contributed by atoms with E-state index in [4.69, 9.17) is 34.4 Å². The van der Waals surface area contributed by atoms with Crippen molar-refractivity contribution in [3.05, 3.63) is 126 Å². The molecule has 22 N–H and O–H groups in total. The first-order valence-electron chi connectivity index (χ1n) is 31.6. The van der Waals surface area contributed by atoms with Crippen molar-refractivity contribution in [3.8, 4) is 0 Å². The van der Waals surface area contributed by atoms with Gasteiger partial charge in [-0.3, -0.25) is 48.1 Å². The fourth-order valence-corrected chi connectivity index (χ4v) is 10.4. The maximum Gasteiger partial charge on any atom is 0.243 e. The minimum atomic E-state index is -1.40. The third-order valence-corrected chi connectivity index (χ3v) is 15.8. The average molecular weight is 1270 g/mol. The second-order valence-electron chi connectivity index (χ2n) is 23.7. The molecule has 0 spiro atoms. The number of imidazole rings is 1. The van der Waals surface area contributed by atoms with Crippen LogP contribution in [0.1, 0.15) is 114 Å². The number of aliphatic imine (C=N–C) groups is 1. The number of rotatable bonds is 41. The van der Waals surface area contributed by atoms with Crippen molar-refractivity contribution in [2.24, 2.45) is 51.2 Å². The first-order valence-corrected chi connectivity index (χ1v) is 31.6. The van der Waals surface area contributed by atoms with Gasteiger partial charge in [0.25, 0.3) is 0 Å². The van der Waals surface area contributed by atoms with Gasteiger partial charge >= 0.3 is 0 Å². The number of primary amides is 1. The summed E-state index contributed by atoms with van der Waals surface area (Å²) < 4.78 is 0. The molecule has 0 radical (unpaired) electrons. The molecule has 92 heavy (non-hydrogen) atoms. The van der Waals surface area contributed by atoms with Gasteiger partial charge in [-0.1, -0.05) is 113 Å². The zero-order valence-corrected chi connectivity index (χ0v) is 53.2. The fraction of sp³-hybridized carbons (Fsp3) is 0.492. The minimum Gasteiger partial charge on any atom is -0.370 e. The lowest BCUT2D eigenvalue weighted by Crippen LogP contribution is -2.62. The predicted octanol–water partition coefficient (Wildman–Crippen LogP) is 0.256. The highest BCUT2D eigenvalue weighted by molar-refractivity contribution is 5.99. The summed E-state index contributed by atoms with van der Waals surface area (Å²) in [4.78, 5) is 143. The molecular weight excluding hydrogens is 1180 g/mol. The van der Waals surface area contributed by atoms with E-state index in [2.05, 4.69) is 62.5 Å². The Balaban J connectivity index is 1.43. The molecule has 0 bridgehead atoms. The smallest absolute Gasteiger partial charge is 0.243 e. The number of amides is 9. The lowest BCUT2D eigenvalue weighted by Gasteiger charge is -2.30. The zero-order chi connectivity index (χ0) is 67.1. The topological polar surface area (TPSA) is 463 Å². The van der Waals surface area contributed by atoms with Crippen LogP contribution < -0.4 is 76.9 Å². The molecule has 5 aromatic rings. The summed E-state index contributed by atoms with van der Waals surface area (Å²) in [6.07, 6.45) is 7.59. The number of carbonyl (C=O) groups is 9. The first-order chi connectivity index (χ1) is 44.1. The number of H-pyrrole nitrogens is 2. The number of nitrogens with zero attached hydrogens (tertiary/aromatic N) is 2. The van der Waals surface area contributed by atoms with Crippen LogP contribution in [-0.2, 0) is 68.8 Å². The number of benzene rings is 3. The van der Waals surface area contributed by atoms with Crippen LogP contribution >= 0.6 is 0 Å². The molecule has 0 aliphatic rings. The summed E-state index contributed by atoms with van der Waals surface area (Å²) in [5.41, 5.74) is 37.8. The number of unbranched alkanes of at least 4 members (excludes halogenated alkanes) is 2. The van der Waals surface area contributed by atoms with Crippen molar-refractivity contribution in [2.45, 2.75) is 172 Å². The molecule has 0 aliphatic carbocycles. The van der Waals surface area contributed by atoms with E-state index in [1.54, 1.807) is 73.8 Å². The van der Waals surface area contributed by atoms with Crippen LogP contribution in [0.25, 0.3) is 10.9 Å². The maximum atomic E-state index is 15.0. The highest BCUT2D eigenvalue weighted by Gasteiger charge is 2.37. The van der Waals surface area contributed by atoms with Gasteiger partial charge in [0, 0.05) is 61.2 Å². The van der Waals surface area contributed by atoms with Gasteiger partial charge in [-0.05, 0) is 105 Å². The van der Waals surface area contributed by atoms with E-state index in [1.807, 2.05) is 45.0 Å². The molecule has 2 aromatic heterocycles. The molecule has 10 atom stereocenters. The van der Waals surface area contributed by atoms with E-state index in [-0.39, 0.29) is 76.3 Å². The van der Waals surface area contributed by atoms with E-state index in [0.29, 0.717) is 67.5 Å². The standard InChI is InChI=1S/C65H96N18O9/c1-5-40(4)55(83-63(91)52(33-42-21-10-7-11-22-42)80-61(89)53(34-43-36-74-47-25-13-12-23-45(43)47)79-57(85)46(68)24-18-30-73-65(70)71)64(92)82-51(32-41-19-8-6-9-20-41)60(88)81-54(35-44-37-72-38-75-44)62(90)77-48(26-14-16-28-66)58(86)76-49(27-15-17-29-67)59(87)78-50(56(69)84)31-39(2)3/h6-13,19-23,25,36-40,46,48-55,74H,5,14-18,24,26-35,66-68H2,1-4H3,(H2,69,84)(H,72,75)(H,76,86)(H,77,90)(H,78,87)(H,79,85)(H,80,89)(H,81,88)(H,82,92)(H,83,91)(H4,70,71,73)/t40-,46-,48-,49-,50-,51+,52+,53+,54-,55-/m0/s1. The van der Waals surface area contributed by atoms with Gasteiger partial charge < -0.3 is 86.9 Å². The summed E-state index contributed by atoms with van der Waals surface area (Å²) in [5, 5.41) is 23.4. The molecule has 9 amide bonds. The molecule has 0 unspecified atom stereocenters. The van der Waals surface area contributed by atoms with Gasteiger partial charge in [0.05, 0.1) is 12.4 Å². The number of carbonyl (C=O) groups excluding carboxylic acids is 9. The van der Waals surface area contributed by atoms with Gasteiger partial charge in [0.15, 0.2) is 5.96 Å². The number of fused-ring (bicyclic) bond motifs is 1. The number of hydrogen-bond donors (Lipinski definition) is 16. The van der Waals surface area contributed by atoms with E-state index in [1.165, 1.54) is 12.5 Å². The van der Waals surface area contributed by atoms with E-state index < -0.39 is 113 Å². The van der Waals surface area contributed by atoms with Crippen molar-refractivity contribution in [2.75, 3.05) is 19.6 Å². The molecule has 5 rings (SSSR count). The molecule has 3 aromatic carbocycles. The first kappa shape index (κ1) is 73.5. The third kappa shape index (κ3) is 24.5. The fourth-order valence-electron chi connectivity index (χ4n) is 10.4. The Bertz CT molecular complexity index is 3180. The van der Waals surface area contributed by atoms with Crippen LogP contribution in [0, 0.1) is 11.8 Å². The van der Waals surface area contributed by atoms with E-state index in [0.717, 1.165) is 10.9 Å². The van der Waals surface area contributed by atoms with Gasteiger partial charge in [-0.15, -0.1) is 0 Å². The largest absolute Gasteiger partial charge is 0.370 e. The molecular formula is C65H96N18O9. The minimum absolute atomic E-state index is 0.000873. The highest BCUT2D eigenvalue weighted by atomic mass is 16.2. The quantitative estimate of drug-likeness (QED) is 0.0142. The summed E-state index contributed by atoms with van der Waals surface area (Å²) in [5.74, 6) is -7.18. The van der Waals surface area contributed by atoms with Crippen LogP contribution in [-0.4, -0.2) is 148 Å². The van der Waals surface area contributed by atoms with Crippen molar-refractivity contribution in [1.82, 2.24) is 57.5 Å². The van der Waals surface area contributed by atoms with Crippen molar-refractivity contribution < 1.29 is 43.2 Å². The number of aromatic nitrogens is 3. The van der Waals surface area contributed by atoms with Crippen LogP contribution in [0.5, 0.6) is 0 Å². The molecule has 2 heterocycles. The van der Waals surface area contributed by atoms with Gasteiger partial charge in [0.1, 0.15) is 48.3 Å². The lowest BCUT2D eigenvalue weighted by molar-refractivity contribution is -0.136. The van der Waals surface area contributed by atoms with E-state index in [9.17, 15) is 43.2 Å². The Morgan fingerprint density at radius 3 is 1.48 bits per heavy atom. The maximum absolute atomic E-state index is 15.0. The third-order valence-electron chi connectivity index (χ3n) is 15.8. The molecule has 0 saturated heterocycles. The molecule has 27 heteroatoms. The van der Waals surface area contributed by atoms with Gasteiger partial charge in [-0.25, -0.2) is 4.98 Å². The SMILES string of the molecule is CC[C@H](C)[C@H](NC(=O)[C@@H](Cc1ccccc1)NC(=O)[C@@H](Cc1c[nH]c2ccccc12)NC(=O)[C@@H](N)CCCN=C(N)N)C(=O)N[C@H](Cc1ccccc1)C(=O)N[C@@H](Cc1cnc[nH]1)C(=O)N[C@@H](CCCCN)C(=O)N[C@@H](CCCCN)C(=O)N[C@@H](CC(C)C)C(N)=O. The number of nitrogens with two attached hydrogens (primary N) is 6.